The monoisotopic (exact) mass is 762 g/mol. The van der Waals surface area contributed by atoms with Crippen molar-refractivity contribution in [2.45, 2.75) is 132 Å². The van der Waals surface area contributed by atoms with Crippen LogP contribution >= 0.6 is 47.0 Å². The molecule has 3 heterocycles. The Bertz CT molecular complexity index is 1240. The predicted octanol–water partition coefficient (Wildman–Crippen LogP) is 9.81. The van der Waals surface area contributed by atoms with Gasteiger partial charge in [0.25, 0.3) is 0 Å². The Labute approximate surface area is 300 Å². The number of fused-ring (bicyclic) bond motifs is 1. The van der Waals surface area contributed by atoms with Crippen molar-refractivity contribution in [1.82, 2.24) is 0 Å². The van der Waals surface area contributed by atoms with E-state index in [-0.39, 0.29) is 34.2 Å². The van der Waals surface area contributed by atoms with E-state index in [1.165, 1.54) is 12.1 Å². The van der Waals surface area contributed by atoms with Crippen LogP contribution in [-0.4, -0.2) is 72.4 Å². The molecule has 47 heavy (non-hydrogen) atoms. The van der Waals surface area contributed by atoms with Crippen LogP contribution in [0.2, 0.25) is 22.2 Å². The number of hydrogen-bond acceptors (Lipinski definition) is 9. The first-order chi connectivity index (χ1) is 22.2. The second-order valence-electron chi connectivity index (χ2n) is 13.7. The largest absolute Gasteiger partial charge is 0.414 e. The van der Waals surface area contributed by atoms with Crippen LogP contribution in [0.3, 0.4) is 0 Å². The van der Waals surface area contributed by atoms with Crippen LogP contribution in [0.4, 0.5) is 8.78 Å². The van der Waals surface area contributed by atoms with Gasteiger partial charge >= 0.3 is 17.1 Å². The van der Waals surface area contributed by atoms with Crippen molar-refractivity contribution in [3.8, 4) is 0 Å². The number of aliphatic hydroxyl groups is 2. The summed E-state index contributed by atoms with van der Waals surface area (Å²) in [5.74, 6) is -0.427. The van der Waals surface area contributed by atoms with Gasteiger partial charge in [-0.25, -0.2) is 8.78 Å². The van der Waals surface area contributed by atoms with Crippen LogP contribution in [0, 0.1) is 11.6 Å². The Morgan fingerprint density at radius 1 is 0.745 bits per heavy atom. The van der Waals surface area contributed by atoms with E-state index >= 15 is 0 Å². The highest BCUT2D eigenvalue weighted by Gasteiger charge is 2.59. The molecule has 0 bridgehead atoms. The number of aliphatic hydroxyl groups excluding tert-OH is 2. The molecule has 2 N–H and O–H groups in total. The van der Waals surface area contributed by atoms with Crippen molar-refractivity contribution >= 4 is 64.2 Å². The first-order valence-corrected chi connectivity index (χ1v) is 24.2. The molecule has 5 rings (SSSR count). The topological polar surface area (TPSA) is 68.2 Å². The summed E-state index contributed by atoms with van der Waals surface area (Å²) in [6.07, 6.45) is 1.34. The fraction of sp³-hybridized carbons (Fsp3) is 0.647. The van der Waals surface area contributed by atoms with Gasteiger partial charge in [-0.05, 0) is 83.5 Å². The van der Waals surface area contributed by atoms with Crippen LogP contribution in [-0.2, 0) is 13.0 Å². The number of halogens is 2. The lowest BCUT2D eigenvalue weighted by Crippen LogP contribution is -2.64. The molecule has 3 aliphatic heterocycles. The Morgan fingerprint density at radius 2 is 1.21 bits per heavy atom. The third kappa shape index (κ3) is 9.84. The summed E-state index contributed by atoms with van der Waals surface area (Å²) in [5, 5.41) is 18.9. The van der Waals surface area contributed by atoms with Gasteiger partial charge in [-0.2, -0.15) is 0 Å². The summed E-state index contributed by atoms with van der Waals surface area (Å²) in [5.41, 5.74) is 1.45. The van der Waals surface area contributed by atoms with E-state index in [0.29, 0.717) is 45.0 Å². The van der Waals surface area contributed by atoms with E-state index in [1.54, 1.807) is 47.8 Å². The maximum absolute atomic E-state index is 13.3. The average Bonchev–Trinajstić information content (AvgIpc) is 3.55. The molecular weight excluding hydrogens is 711 g/mol. The number of thioether (sulfide) groups is 4. The van der Waals surface area contributed by atoms with Gasteiger partial charge in [0.1, 0.15) is 11.6 Å². The van der Waals surface area contributed by atoms with Crippen LogP contribution in [0.15, 0.2) is 58.3 Å². The molecule has 3 fully saturated rings. The maximum atomic E-state index is 13.3. The van der Waals surface area contributed by atoms with E-state index in [0.717, 1.165) is 16.2 Å². The Balaban J connectivity index is 0.000000261. The zero-order valence-electron chi connectivity index (χ0n) is 28.7. The zero-order valence-corrected chi connectivity index (χ0v) is 34.0. The SMILES string of the molecule is CC(C)[Si]1(C(C)C)OC[C@H]2SC(Sc3ccc(F)cc3)C[C@@H]2O[Si](C(C)C)(C(C)C)O1.OC[C@H]1SC(Sc2ccc(F)cc2)C[C@@H]1O. The molecule has 3 aliphatic rings. The van der Waals surface area contributed by atoms with Crippen molar-refractivity contribution in [2.24, 2.45) is 0 Å². The Hall–Kier alpha value is -0.0662. The van der Waals surface area contributed by atoms with Crippen molar-refractivity contribution in [2.75, 3.05) is 13.2 Å². The second kappa shape index (κ2) is 17.4. The number of hydrogen-bond donors (Lipinski definition) is 2. The third-order valence-corrected chi connectivity index (χ3v) is 25.2. The smallest absolute Gasteiger partial charge is 0.334 e. The lowest BCUT2D eigenvalue weighted by atomic mass is 10.2. The summed E-state index contributed by atoms with van der Waals surface area (Å²) in [6.45, 7) is 18.8. The molecule has 2 unspecified atom stereocenters. The van der Waals surface area contributed by atoms with Crippen LogP contribution < -0.4 is 0 Å². The highest BCUT2D eigenvalue weighted by Crippen LogP contribution is 2.52. The van der Waals surface area contributed by atoms with Crippen molar-refractivity contribution < 1.29 is 32.0 Å². The minimum Gasteiger partial charge on any atom is -0.414 e. The van der Waals surface area contributed by atoms with Gasteiger partial charge in [0, 0.05) is 9.79 Å². The molecule has 13 heteroatoms. The molecule has 0 aliphatic carbocycles. The van der Waals surface area contributed by atoms with Gasteiger partial charge in [0.2, 0.25) is 0 Å². The van der Waals surface area contributed by atoms with E-state index < -0.39 is 23.2 Å². The minimum absolute atomic E-state index is 0.00626. The van der Waals surface area contributed by atoms with Crippen molar-refractivity contribution in [3.63, 3.8) is 0 Å². The van der Waals surface area contributed by atoms with Crippen LogP contribution in [0.5, 0.6) is 0 Å². The number of rotatable bonds is 9. The van der Waals surface area contributed by atoms with Gasteiger partial charge in [-0.1, -0.05) is 55.4 Å². The summed E-state index contributed by atoms with van der Waals surface area (Å²) in [4.78, 5) is 2.10. The van der Waals surface area contributed by atoms with Gasteiger partial charge in [-0.15, -0.1) is 47.0 Å². The molecule has 0 spiro atoms. The summed E-state index contributed by atoms with van der Waals surface area (Å²) in [6, 6.07) is 13.2. The standard InChI is InChI=1S/C23H39FO3S2Si2.C11H13FO2S2/c1-15(2)30(16(3)4)25-14-22-21(26-31(27-30,17(5)6)18(7)8)13-23(29-22)28-20-11-9-19(24)10-12-20;12-7-1-3-8(4-2-7)15-11-5-9(14)10(6-13)16-11/h9-12,15-18,21-23H,13-14H2,1-8H3;1-4,9-11,13-14H,5-6H2/t21-,22+,23?;9-,10+,11?/m00/s1. The molecule has 6 atom stereocenters. The van der Waals surface area contributed by atoms with Crippen molar-refractivity contribution in [1.29, 1.82) is 0 Å². The van der Waals surface area contributed by atoms with Crippen LogP contribution in [0.1, 0.15) is 68.2 Å². The van der Waals surface area contributed by atoms with E-state index in [2.05, 4.69) is 55.4 Å². The maximum Gasteiger partial charge on any atom is 0.334 e. The third-order valence-electron chi connectivity index (χ3n) is 9.04. The van der Waals surface area contributed by atoms with E-state index in [1.807, 2.05) is 35.7 Å². The molecule has 0 amide bonds. The lowest BCUT2D eigenvalue weighted by Gasteiger charge is -2.51. The van der Waals surface area contributed by atoms with Crippen LogP contribution in [0.25, 0.3) is 0 Å². The predicted molar refractivity (Wildman–Crippen MR) is 201 cm³/mol. The summed E-state index contributed by atoms with van der Waals surface area (Å²) >= 11 is 6.98. The molecule has 5 nitrogen and oxygen atoms in total. The molecule has 0 radical (unpaired) electrons. The van der Waals surface area contributed by atoms with Gasteiger partial charge in [0.05, 0.1) is 45.1 Å². The van der Waals surface area contributed by atoms with Crippen molar-refractivity contribution in [3.05, 3.63) is 60.2 Å². The fourth-order valence-electron chi connectivity index (χ4n) is 6.45. The van der Waals surface area contributed by atoms with Gasteiger partial charge in [-0.3, -0.25) is 0 Å². The zero-order chi connectivity index (χ0) is 34.5. The minimum atomic E-state index is -2.53. The fourth-order valence-corrected chi connectivity index (χ4v) is 23.9. The molecule has 2 aromatic rings. The quantitative estimate of drug-likeness (QED) is 0.243. The molecule has 0 saturated carbocycles. The second-order valence-corrected chi connectivity index (χ2v) is 28.6. The highest BCUT2D eigenvalue weighted by molar-refractivity contribution is 8.18. The molecule has 3 saturated heterocycles. The Kier molecular flexibility index (Phi) is 14.7. The number of benzene rings is 2. The summed E-state index contributed by atoms with van der Waals surface area (Å²) in [7, 11) is -5.00. The highest BCUT2D eigenvalue weighted by atomic mass is 32.2. The van der Waals surface area contributed by atoms with E-state index in [9.17, 15) is 13.9 Å². The molecule has 0 aromatic heterocycles. The van der Waals surface area contributed by atoms with E-state index in [4.69, 9.17) is 18.1 Å². The van der Waals surface area contributed by atoms with Gasteiger partial charge < -0.3 is 23.2 Å². The molecular formula is C34H52F2O5S4Si2. The lowest BCUT2D eigenvalue weighted by molar-refractivity contribution is 0.0739. The molecule has 264 valence electrons. The normalized spacial score (nSPS) is 28.7. The van der Waals surface area contributed by atoms with Gasteiger partial charge in [0.15, 0.2) is 0 Å². The summed E-state index contributed by atoms with van der Waals surface area (Å²) < 4.78 is 47.9. The Morgan fingerprint density at radius 3 is 1.64 bits per heavy atom. The first-order valence-electron chi connectivity index (χ1n) is 16.6. The molecule has 2 aromatic carbocycles. The first kappa shape index (κ1) is 39.7. The average molecular weight is 763 g/mol.